The number of hydrogen-bond donors (Lipinski definition) is 0. The number of halogens is 2. The maximum absolute atomic E-state index is 12.3. The summed E-state index contributed by atoms with van der Waals surface area (Å²) in [5, 5.41) is 4.75. The molecule has 1 amide bonds. The second-order valence-electron chi connectivity index (χ2n) is 5.76. The average molecular weight is 366 g/mol. The number of amides is 1. The van der Waals surface area contributed by atoms with Gasteiger partial charge in [-0.3, -0.25) is 4.79 Å². The van der Waals surface area contributed by atoms with E-state index in [1.165, 1.54) is 6.08 Å². The summed E-state index contributed by atoms with van der Waals surface area (Å²) in [6, 6.07) is 5.34. The summed E-state index contributed by atoms with van der Waals surface area (Å²) >= 11 is 12.1. The van der Waals surface area contributed by atoms with Gasteiger partial charge in [0.2, 0.25) is 11.8 Å². The molecule has 1 aromatic carbocycles. The Morgan fingerprint density at radius 2 is 2.08 bits per heavy atom. The normalized spacial score (nSPS) is 16.0. The molecule has 1 aliphatic heterocycles. The monoisotopic (exact) mass is 365 g/mol. The van der Waals surface area contributed by atoms with Gasteiger partial charge in [0.05, 0.1) is 10.0 Å². The molecule has 126 valence electrons. The SMILES string of the molecule is Cc1noc(C2CCN(C(=O)/C=C/c3cccc(Cl)c3Cl)CC2)n1. The fourth-order valence-corrected chi connectivity index (χ4v) is 3.11. The lowest BCUT2D eigenvalue weighted by Gasteiger charge is -2.29. The zero-order valence-corrected chi connectivity index (χ0v) is 14.7. The summed E-state index contributed by atoms with van der Waals surface area (Å²) in [6.07, 6.45) is 4.87. The van der Waals surface area contributed by atoms with E-state index in [0.717, 1.165) is 18.4 Å². The van der Waals surface area contributed by atoms with Crippen LogP contribution in [0.3, 0.4) is 0 Å². The topological polar surface area (TPSA) is 59.2 Å². The van der Waals surface area contributed by atoms with Crippen molar-refractivity contribution in [2.24, 2.45) is 0 Å². The number of benzene rings is 1. The number of hydrogen-bond acceptors (Lipinski definition) is 4. The zero-order chi connectivity index (χ0) is 17.1. The van der Waals surface area contributed by atoms with Crippen LogP contribution in [0, 0.1) is 6.92 Å². The summed E-state index contributed by atoms with van der Waals surface area (Å²) in [4.78, 5) is 18.4. The Hall–Kier alpha value is -1.85. The van der Waals surface area contributed by atoms with Gasteiger partial charge >= 0.3 is 0 Å². The van der Waals surface area contributed by atoms with Gasteiger partial charge in [0.1, 0.15) is 0 Å². The zero-order valence-electron chi connectivity index (χ0n) is 13.2. The minimum absolute atomic E-state index is 0.0359. The molecular formula is C17H17Cl2N3O2. The van der Waals surface area contributed by atoms with E-state index in [4.69, 9.17) is 27.7 Å². The van der Waals surface area contributed by atoms with Crippen LogP contribution in [0.15, 0.2) is 28.8 Å². The van der Waals surface area contributed by atoms with Gasteiger partial charge in [-0.15, -0.1) is 0 Å². The van der Waals surface area contributed by atoms with E-state index in [9.17, 15) is 4.79 Å². The third kappa shape index (κ3) is 3.79. The highest BCUT2D eigenvalue weighted by Gasteiger charge is 2.26. The van der Waals surface area contributed by atoms with Crippen LogP contribution in [0.4, 0.5) is 0 Å². The minimum atomic E-state index is -0.0359. The summed E-state index contributed by atoms with van der Waals surface area (Å²) in [5.41, 5.74) is 0.730. The number of nitrogens with zero attached hydrogens (tertiary/aromatic N) is 3. The molecule has 0 atom stereocenters. The second-order valence-corrected chi connectivity index (χ2v) is 6.54. The molecule has 1 aromatic heterocycles. The van der Waals surface area contributed by atoms with Crippen LogP contribution < -0.4 is 0 Å². The molecule has 3 rings (SSSR count). The molecule has 0 saturated carbocycles. The smallest absolute Gasteiger partial charge is 0.246 e. The Morgan fingerprint density at radius 1 is 1.33 bits per heavy atom. The van der Waals surface area contributed by atoms with Crippen LogP contribution in [-0.4, -0.2) is 34.0 Å². The van der Waals surface area contributed by atoms with Crippen LogP contribution in [0.2, 0.25) is 10.0 Å². The van der Waals surface area contributed by atoms with Crippen molar-refractivity contribution in [3.8, 4) is 0 Å². The average Bonchev–Trinajstić information content (AvgIpc) is 3.02. The van der Waals surface area contributed by atoms with E-state index in [0.29, 0.717) is 34.8 Å². The van der Waals surface area contributed by atoms with Crippen molar-refractivity contribution in [2.45, 2.75) is 25.7 Å². The number of piperidine rings is 1. The van der Waals surface area contributed by atoms with E-state index in [-0.39, 0.29) is 11.8 Å². The lowest BCUT2D eigenvalue weighted by atomic mass is 9.96. The predicted molar refractivity (Wildman–Crippen MR) is 93.1 cm³/mol. The van der Waals surface area contributed by atoms with Crippen LogP contribution in [-0.2, 0) is 4.79 Å². The maximum Gasteiger partial charge on any atom is 0.246 e. The Morgan fingerprint density at radius 3 is 2.75 bits per heavy atom. The van der Waals surface area contributed by atoms with E-state index < -0.39 is 0 Å². The molecule has 1 aliphatic rings. The first-order valence-electron chi connectivity index (χ1n) is 7.76. The summed E-state index contributed by atoms with van der Waals surface area (Å²) in [5.74, 6) is 1.50. The molecule has 2 aromatic rings. The third-order valence-electron chi connectivity index (χ3n) is 4.09. The summed E-state index contributed by atoms with van der Waals surface area (Å²) in [6.45, 7) is 3.13. The van der Waals surface area contributed by atoms with Crippen molar-refractivity contribution in [3.05, 3.63) is 51.6 Å². The molecular weight excluding hydrogens is 349 g/mol. The van der Waals surface area contributed by atoms with Crippen molar-refractivity contribution >= 4 is 35.2 Å². The minimum Gasteiger partial charge on any atom is -0.339 e. The number of aromatic nitrogens is 2. The van der Waals surface area contributed by atoms with E-state index in [1.54, 1.807) is 25.1 Å². The third-order valence-corrected chi connectivity index (χ3v) is 4.92. The Kier molecular flexibility index (Phi) is 5.21. The fraction of sp³-hybridized carbons (Fsp3) is 0.353. The highest BCUT2D eigenvalue weighted by atomic mass is 35.5. The Bertz CT molecular complexity index is 765. The molecule has 0 aliphatic carbocycles. The molecule has 2 heterocycles. The first-order valence-corrected chi connectivity index (χ1v) is 8.51. The van der Waals surface area contributed by atoms with Crippen LogP contribution >= 0.6 is 23.2 Å². The Labute approximate surface area is 150 Å². The lowest BCUT2D eigenvalue weighted by molar-refractivity contribution is -0.127. The van der Waals surface area contributed by atoms with Crippen LogP contribution in [0.5, 0.6) is 0 Å². The van der Waals surface area contributed by atoms with Crippen molar-refractivity contribution in [1.82, 2.24) is 15.0 Å². The van der Waals surface area contributed by atoms with Gasteiger partial charge in [0, 0.05) is 25.1 Å². The molecule has 0 spiro atoms. The van der Waals surface area contributed by atoms with Crippen molar-refractivity contribution in [2.75, 3.05) is 13.1 Å². The van der Waals surface area contributed by atoms with Crippen LogP contribution in [0.25, 0.3) is 6.08 Å². The lowest BCUT2D eigenvalue weighted by Crippen LogP contribution is -2.36. The first kappa shape index (κ1) is 17.0. The van der Waals surface area contributed by atoms with Crippen molar-refractivity contribution in [1.29, 1.82) is 0 Å². The molecule has 24 heavy (non-hydrogen) atoms. The molecule has 0 unspecified atom stereocenters. The van der Waals surface area contributed by atoms with Gasteiger partial charge < -0.3 is 9.42 Å². The standard InChI is InChI=1S/C17H17Cl2N3O2/c1-11-20-17(24-21-11)13-7-9-22(10-8-13)15(23)6-5-12-3-2-4-14(18)16(12)19/h2-6,13H,7-10H2,1H3/b6-5+. The molecule has 0 N–H and O–H groups in total. The number of aryl methyl sites for hydroxylation is 1. The van der Waals surface area contributed by atoms with Crippen LogP contribution in [0.1, 0.15) is 36.0 Å². The van der Waals surface area contributed by atoms with Gasteiger partial charge in [-0.2, -0.15) is 4.98 Å². The molecule has 7 heteroatoms. The summed E-state index contributed by atoms with van der Waals surface area (Å²) in [7, 11) is 0. The molecule has 5 nitrogen and oxygen atoms in total. The van der Waals surface area contributed by atoms with Gasteiger partial charge in [-0.05, 0) is 37.5 Å². The number of rotatable bonds is 3. The van der Waals surface area contributed by atoms with E-state index in [1.807, 2.05) is 11.0 Å². The maximum atomic E-state index is 12.3. The second kappa shape index (κ2) is 7.36. The summed E-state index contributed by atoms with van der Waals surface area (Å²) < 4.78 is 5.22. The first-order chi connectivity index (χ1) is 11.5. The largest absolute Gasteiger partial charge is 0.339 e. The van der Waals surface area contributed by atoms with Crippen molar-refractivity contribution in [3.63, 3.8) is 0 Å². The quantitative estimate of drug-likeness (QED) is 0.768. The highest BCUT2D eigenvalue weighted by molar-refractivity contribution is 6.42. The molecule has 1 saturated heterocycles. The van der Waals surface area contributed by atoms with E-state index >= 15 is 0 Å². The highest BCUT2D eigenvalue weighted by Crippen LogP contribution is 2.28. The molecule has 1 fully saturated rings. The number of carbonyl (C=O) groups is 1. The van der Waals surface area contributed by atoms with Gasteiger partial charge in [-0.1, -0.05) is 40.5 Å². The number of likely N-dealkylation sites (tertiary alicyclic amines) is 1. The number of carbonyl (C=O) groups excluding carboxylic acids is 1. The molecule has 0 radical (unpaired) electrons. The van der Waals surface area contributed by atoms with E-state index in [2.05, 4.69) is 10.1 Å². The Balaban J connectivity index is 1.59. The van der Waals surface area contributed by atoms with Gasteiger partial charge in [0.25, 0.3) is 0 Å². The van der Waals surface area contributed by atoms with Gasteiger partial charge in [0.15, 0.2) is 5.82 Å². The predicted octanol–water partition coefficient (Wildman–Crippen LogP) is 4.10. The fourth-order valence-electron chi connectivity index (χ4n) is 2.74. The van der Waals surface area contributed by atoms with Crippen molar-refractivity contribution < 1.29 is 9.32 Å². The van der Waals surface area contributed by atoms with Gasteiger partial charge in [-0.25, -0.2) is 0 Å². The molecule has 0 bridgehead atoms.